The fourth-order valence-corrected chi connectivity index (χ4v) is 3.85. The lowest BCUT2D eigenvalue weighted by atomic mass is 10.1. The summed E-state index contributed by atoms with van der Waals surface area (Å²) in [6.45, 7) is 10.0. The van der Waals surface area contributed by atoms with E-state index in [1.54, 1.807) is 11.9 Å². The third-order valence-corrected chi connectivity index (χ3v) is 5.35. The van der Waals surface area contributed by atoms with Gasteiger partial charge in [0.2, 0.25) is 5.91 Å². The zero-order valence-corrected chi connectivity index (χ0v) is 15.0. The molecule has 0 radical (unpaired) electrons. The van der Waals surface area contributed by atoms with Gasteiger partial charge in [0.05, 0.1) is 31.3 Å². The first-order valence-corrected chi connectivity index (χ1v) is 9.28. The van der Waals surface area contributed by atoms with E-state index in [0.29, 0.717) is 6.54 Å². The SMILES string of the molecule is C=CCn1c(CC[NH+]2CCCCC2)nnc1S[C@@H](C)C(=O)NC. The highest BCUT2D eigenvalue weighted by atomic mass is 32.2. The summed E-state index contributed by atoms with van der Waals surface area (Å²) in [6.07, 6.45) is 6.81. The van der Waals surface area contributed by atoms with Crippen molar-refractivity contribution in [3.63, 3.8) is 0 Å². The molecule has 0 aromatic carbocycles. The summed E-state index contributed by atoms with van der Waals surface area (Å²) in [4.78, 5) is 13.4. The first-order valence-electron chi connectivity index (χ1n) is 8.40. The Bertz CT molecular complexity index is 525. The second-order valence-corrected chi connectivity index (χ2v) is 7.29. The molecule has 1 atom stereocenters. The van der Waals surface area contributed by atoms with Crippen LogP contribution in [0.1, 0.15) is 32.0 Å². The van der Waals surface area contributed by atoms with Crippen molar-refractivity contribution in [1.82, 2.24) is 20.1 Å². The average molecular weight is 339 g/mol. The molecule has 1 fully saturated rings. The lowest BCUT2D eigenvalue weighted by molar-refractivity contribution is -0.904. The van der Waals surface area contributed by atoms with Crippen LogP contribution in [0.15, 0.2) is 17.8 Å². The number of piperidine rings is 1. The largest absolute Gasteiger partial charge is 0.358 e. The minimum atomic E-state index is -0.187. The van der Waals surface area contributed by atoms with Crippen molar-refractivity contribution in [3.8, 4) is 0 Å². The summed E-state index contributed by atoms with van der Waals surface area (Å²) >= 11 is 1.45. The van der Waals surface area contributed by atoms with Gasteiger partial charge in [-0.25, -0.2) is 0 Å². The van der Waals surface area contributed by atoms with E-state index in [2.05, 4.69) is 26.7 Å². The third-order valence-electron chi connectivity index (χ3n) is 4.27. The number of nitrogens with one attached hydrogen (secondary N) is 2. The van der Waals surface area contributed by atoms with Gasteiger partial charge in [-0.1, -0.05) is 17.8 Å². The monoisotopic (exact) mass is 338 g/mol. The minimum absolute atomic E-state index is 0.00228. The Hall–Kier alpha value is -1.34. The first kappa shape index (κ1) is 18.0. The average Bonchev–Trinajstić information content (AvgIpc) is 2.95. The molecular formula is C16H28N5OS+. The number of allylic oxidation sites excluding steroid dienone is 1. The lowest BCUT2D eigenvalue weighted by Crippen LogP contribution is -3.13. The molecule has 1 aliphatic heterocycles. The van der Waals surface area contributed by atoms with Crippen LogP contribution in [0.2, 0.25) is 0 Å². The maximum absolute atomic E-state index is 11.7. The Morgan fingerprint density at radius 2 is 2.17 bits per heavy atom. The molecule has 1 aromatic rings. The lowest BCUT2D eigenvalue weighted by Gasteiger charge is -2.23. The molecular weight excluding hydrogens is 310 g/mol. The van der Waals surface area contributed by atoms with Crippen LogP contribution in [0.4, 0.5) is 0 Å². The summed E-state index contributed by atoms with van der Waals surface area (Å²) in [6, 6.07) is 0. The summed E-state index contributed by atoms with van der Waals surface area (Å²) in [5, 5.41) is 11.9. The molecule has 1 saturated heterocycles. The number of rotatable bonds is 8. The molecule has 1 aromatic heterocycles. The van der Waals surface area contributed by atoms with Gasteiger partial charge in [0.25, 0.3) is 0 Å². The van der Waals surface area contributed by atoms with Gasteiger partial charge in [0.15, 0.2) is 5.16 Å². The van der Waals surface area contributed by atoms with Gasteiger partial charge in [0, 0.05) is 13.6 Å². The van der Waals surface area contributed by atoms with Gasteiger partial charge in [-0.2, -0.15) is 0 Å². The number of aromatic nitrogens is 3. The number of carbonyl (C=O) groups excluding carboxylic acids is 1. The summed E-state index contributed by atoms with van der Waals surface area (Å²) in [5.41, 5.74) is 0. The fraction of sp³-hybridized carbons (Fsp3) is 0.688. The number of hydrogen-bond acceptors (Lipinski definition) is 4. The van der Waals surface area contributed by atoms with Gasteiger partial charge in [-0.05, 0) is 26.2 Å². The van der Waals surface area contributed by atoms with Crippen LogP contribution >= 0.6 is 11.8 Å². The molecule has 2 N–H and O–H groups in total. The Balaban J connectivity index is 2.01. The highest BCUT2D eigenvalue weighted by molar-refractivity contribution is 8.00. The molecule has 1 aliphatic rings. The number of quaternary nitrogens is 1. The van der Waals surface area contributed by atoms with Crippen LogP contribution in [0.3, 0.4) is 0 Å². The molecule has 0 saturated carbocycles. The maximum atomic E-state index is 11.7. The van der Waals surface area contributed by atoms with Crippen LogP contribution < -0.4 is 10.2 Å². The van der Waals surface area contributed by atoms with Crippen molar-refractivity contribution in [2.45, 2.75) is 49.6 Å². The third kappa shape index (κ3) is 5.07. The van der Waals surface area contributed by atoms with Crippen LogP contribution in [0, 0.1) is 0 Å². The van der Waals surface area contributed by atoms with Gasteiger partial charge >= 0.3 is 0 Å². The van der Waals surface area contributed by atoms with Crippen molar-refractivity contribution < 1.29 is 9.69 Å². The standard InChI is InChI=1S/C16H27N5OS/c1-4-9-21-14(8-12-20-10-6-5-7-11-20)18-19-16(21)23-13(2)15(22)17-3/h4,13H,1,5-12H2,2-3H3,(H,17,22)/p+1/t13-/m0/s1. The Kier molecular flexibility index (Phi) is 7.11. The van der Waals surface area contributed by atoms with E-state index in [-0.39, 0.29) is 11.2 Å². The molecule has 2 rings (SSSR count). The van der Waals surface area contributed by atoms with Gasteiger partial charge in [-0.15, -0.1) is 16.8 Å². The normalized spacial score (nSPS) is 17.0. The molecule has 0 unspecified atom stereocenters. The van der Waals surface area contributed by atoms with Gasteiger partial charge in [0.1, 0.15) is 5.82 Å². The molecule has 6 nitrogen and oxygen atoms in total. The van der Waals surface area contributed by atoms with Crippen LogP contribution in [0.25, 0.3) is 0 Å². The molecule has 2 heterocycles. The minimum Gasteiger partial charge on any atom is -0.358 e. The van der Waals surface area contributed by atoms with Crippen LogP contribution in [-0.4, -0.2) is 52.6 Å². The van der Waals surface area contributed by atoms with E-state index in [1.165, 1.54) is 44.1 Å². The summed E-state index contributed by atoms with van der Waals surface area (Å²) in [5.74, 6) is 0.997. The van der Waals surface area contributed by atoms with Crippen molar-refractivity contribution in [2.75, 3.05) is 26.7 Å². The zero-order valence-electron chi connectivity index (χ0n) is 14.2. The van der Waals surface area contributed by atoms with E-state index in [0.717, 1.165) is 23.9 Å². The van der Waals surface area contributed by atoms with Crippen molar-refractivity contribution in [2.24, 2.45) is 0 Å². The zero-order chi connectivity index (χ0) is 16.7. The van der Waals surface area contributed by atoms with E-state index >= 15 is 0 Å². The second kappa shape index (κ2) is 9.08. The predicted molar refractivity (Wildman–Crippen MR) is 92.7 cm³/mol. The Morgan fingerprint density at radius 3 is 2.83 bits per heavy atom. The quantitative estimate of drug-likeness (QED) is 0.529. The van der Waals surface area contributed by atoms with E-state index in [9.17, 15) is 4.79 Å². The number of nitrogens with zero attached hydrogens (tertiary/aromatic N) is 3. The summed E-state index contributed by atoms with van der Waals surface area (Å²) < 4.78 is 2.08. The number of carbonyl (C=O) groups is 1. The van der Waals surface area contributed by atoms with Gasteiger partial charge in [-0.3, -0.25) is 4.79 Å². The van der Waals surface area contributed by atoms with Crippen molar-refractivity contribution in [3.05, 3.63) is 18.5 Å². The first-order chi connectivity index (χ1) is 11.2. The van der Waals surface area contributed by atoms with E-state index in [4.69, 9.17) is 0 Å². The van der Waals surface area contributed by atoms with Crippen LogP contribution in [-0.2, 0) is 17.8 Å². The highest BCUT2D eigenvalue weighted by Gasteiger charge is 2.20. The number of likely N-dealkylation sites (tertiary alicyclic amines) is 1. The number of thioether (sulfide) groups is 1. The smallest absolute Gasteiger partial charge is 0.233 e. The maximum Gasteiger partial charge on any atom is 0.233 e. The summed E-state index contributed by atoms with van der Waals surface area (Å²) in [7, 11) is 1.65. The molecule has 0 aliphatic carbocycles. The second-order valence-electron chi connectivity index (χ2n) is 5.98. The fourth-order valence-electron chi connectivity index (χ4n) is 2.91. The van der Waals surface area contributed by atoms with Gasteiger partial charge < -0.3 is 14.8 Å². The molecule has 0 bridgehead atoms. The number of hydrogen-bond donors (Lipinski definition) is 2. The molecule has 128 valence electrons. The highest BCUT2D eigenvalue weighted by Crippen LogP contribution is 2.22. The number of amides is 1. The molecule has 0 spiro atoms. The predicted octanol–water partition coefficient (Wildman–Crippen LogP) is 0.302. The topological polar surface area (TPSA) is 64.2 Å². The van der Waals surface area contributed by atoms with Crippen LogP contribution in [0.5, 0.6) is 0 Å². The van der Waals surface area contributed by atoms with Crippen molar-refractivity contribution in [1.29, 1.82) is 0 Å². The molecule has 7 heteroatoms. The molecule has 1 amide bonds. The Morgan fingerprint density at radius 1 is 1.43 bits per heavy atom. The van der Waals surface area contributed by atoms with E-state index in [1.807, 2.05) is 13.0 Å². The Labute approximate surface area is 142 Å². The van der Waals surface area contributed by atoms with E-state index < -0.39 is 0 Å². The molecule has 23 heavy (non-hydrogen) atoms. The van der Waals surface area contributed by atoms with Crippen molar-refractivity contribution >= 4 is 17.7 Å².